The van der Waals surface area contributed by atoms with Gasteiger partial charge in [0.05, 0.1) is 4.90 Å². The second kappa shape index (κ2) is 7.12. The Kier molecular flexibility index (Phi) is 4.84. The predicted molar refractivity (Wildman–Crippen MR) is 101 cm³/mol. The van der Waals surface area contributed by atoms with Gasteiger partial charge in [0.1, 0.15) is 24.4 Å². The number of rotatable bonds is 4. The molecule has 3 aliphatic rings. The van der Waals surface area contributed by atoms with Crippen LogP contribution in [0, 0.1) is 18.8 Å². The Balaban J connectivity index is 1.66. The number of hydrogen-bond acceptors (Lipinski definition) is 8. The van der Waals surface area contributed by atoms with Crippen LogP contribution in [0.4, 0.5) is 4.79 Å². The largest absolute Gasteiger partial charge is 0.458 e. The minimum Gasteiger partial charge on any atom is -0.458 e. The fourth-order valence-corrected chi connectivity index (χ4v) is 5.82. The topological polar surface area (TPSA) is 116 Å². The zero-order chi connectivity index (χ0) is 21.8. The van der Waals surface area contributed by atoms with E-state index in [2.05, 4.69) is 0 Å². The predicted octanol–water partition coefficient (Wildman–Crippen LogP) is 1.55. The van der Waals surface area contributed by atoms with Crippen LogP contribution in [0.5, 0.6) is 0 Å². The molecule has 1 aromatic carbocycles. The molecule has 2 fully saturated rings. The lowest BCUT2D eigenvalue weighted by molar-refractivity contribution is -0.216. The molecule has 4 rings (SSSR count). The maximum Gasteiger partial charge on any atom is 0.424 e. The van der Waals surface area contributed by atoms with Gasteiger partial charge in [-0.15, -0.1) is 0 Å². The second-order valence-electron chi connectivity index (χ2n) is 7.64. The summed E-state index contributed by atoms with van der Waals surface area (Å²) in [7, 11) is -4.15. The van der Waals surface area contributed by atoms with Gasteiger partial charge >= 0.3 is 18.0 Å². The summed E-state index contributed by atoms with van der Waals surface area (Å²) in [6.07, 6.45) is -0.127. The first-order valence-electron chi connectivity index (χ1n) is 9.46. The molecule has 0 aromatic heterocycles. The third kappa shape index (κ3) is 3.15. The molecule has 30 heavy (non-hydrogen) atoms. The molecule has 0 radical (unpaired) electrons. The number of carbonyl (C=O) groups is 3. The Morgan fingerprint density at radius 3 is 2.20 bits per heavy atom. The Morgan fingerprint density at radius 1 is 1.00 bits per heavy atom. The van der Waals surface area contributed by atoms with Crippen molar-refractivity contribution in [2.24, 2.45) is 11.8 Å². The van der Waals surface area contributed by atoms with Gasteiger partial charge in [-0.2, -0.15) is 4.31 Å². The lowest BCUT2D eigenvalue weighted by Gasteiger charge is -2.52. The minimum atomic E-state index is -4.15. The van der Waals surface area contributed by atoms with Crippen LogP contribution < -0.4 is 0 Å². The highest BCUT2D eigenvalue weighted by molar-refractivity contribution is 7.89. The van der Waals surface area contributed by atoms with Crippen molar-refractivity contribution < 1.29 is 37.0 Å². The van der Waals surface area contributed by atoms with Crippen LogP contribution in [0.3, 0.4) is 0 Å². The molecule has 1 saturated carbocycles. The summed E-state index contributed by atoms with van der Waals surface area (Å²) >= 11 is 0. The number of esters is 2. The Labute approximate surface area is 173 Å². The average Bonchev–Trinajstić information content (AvgIpc) is 2.99. The van der Waals surface area contributed by atoms with Gasteiger partial charge in [-0.3, -0.25) is 9.59 Å². The Hall–Kier alpha value is -2.88. The van der Waals surface area contributed by atoms with Gasteiger partial charge in [0.25, 0.3) is 10.0 Å². The molecule has 1 aliphatic heterocycles. The summed E-state index contributed by atoms with van der Waals surface area (Å²) < 4.78 is 43.0. The van der Waals surface area contributed by atoms with Crippen LogP contribution in [0.2, 0.25) is 0 Å². The summed E-state index contributed by atoms with van der Waals surface area (Å²) in [5.74, 6) is -1.97. The maximum atomic E-state index is 13.1. The molecule has 1 aromatic rings. The molecule has 10 heteroatoms. The van der Waals surface area contributed by atoms with Crippen molar-refractivity contribution in [3.8, 4) is 0 Å². The molecule has 9 nitrogen and oxygen atoms in total. The Bertz CT molecular complexity index is 1030. The first kappa shape index (κ1) is 20.4. The minimum absolute atomic E-state index is 0.0239. The molecule has 0 spiro atoms. The molecule has 2 aliphatic carbocycles. The number of nitrogens with zero attached hydrogens (tertiary/aromatic N) is 1. The third-order valence-corrected chi connectivity index (χ3v) is 7.42. The normalized spacial score (nSPS) is 31.8. The van der Waals surface area contributed by atoms with E-state index < -0.39 is 58.3 Å². The van der Waals surface area contributed by atoms with Crippen LogP contribution in [0.25, 0.3) is 0 Å². The van der Waals surface area contributed by atoms with Crippen molar-refractivity contribution in [3.63, 3.8) is 0 Å². The van der Waals surface area contributed by atoms with E-state index >= 15 is 0 Å². The van der Waals surface area contributed by atoms with E-state index in [4.69, 9.17) is 14.2 Å². The molecular weight excluding hydrogens is 414 g/mol. The van der Waals surface area contributed by atoms with E-state index in [9.17, 15) is 22.8 Å². The zero-order valence-electron chi connectivity index (χ0n) is 16.5. The molecule has 1 heterocycles. The standard InChI is InChI=1S/C20H21NO8S/c1-10-4-6-13(7-5-10)30(25,26)21-15-9-8-14-16(18(15)29-20(21)24)19(28-12(3)23)17(14)27-11(2)22/h4-9,14-19H,1-3H3/t14-,15-,16-,17+,18-,19+/m1/s1. The van der Waals surface area contributed by atoms with Crippen LogP contribution in [-0.2, 0) is 33.8 Å². The molecule has 1 saturated heterocycles. The number of carbonyl (C=O) groups excluding carboxylic acids is 3. The van der Waals surface area contributed by atoms with Crippen molar-refractivity contribution >= 4 is 28.1 Å². The third-order valence-electron chi connectivity index (χ3n) is 5.64. The Morgan fingerprint density at radius 2 is 1.60 bits per heavy atom. The molecule has 6 atom stereocenters. The van der Waals surface area contributed by atoms with Crippen molar-refractivity contribution in [3.05, 3.63) is 42.0 Å². The van der Waals surface area contributed by atoms with Crippen LogP contribution in [-0.4, -0.2) is 55.1 Å². The lowest BCUT2D eigenvalue weighted by Crippen LogP contribution is -2.65. The quantitative estimate of drug-likeness (QED) is 0.397. The number of benzene rings is 1. The molecule has 0 bridgehead atoms. The van der Waals surface area contributed by atoms with Crippen molar-refractivity contribution in [1.29, 1.82) is 0 Å². The monoisotopic (exact) mass is 435 g/mol. The number of ether oxygens (including phenoxy) is 3. The van der Waals surface area contributed by atoms with Gasteiger partial charge in [-0.05, 0) is 19.1 Å². The van der Waals surface area contributed by atoms with Gasteiger partial charge in [0.2, 0.25) is 0 Å². The zero-order valence-corrected chi connectivity index (χ0v) is 17.4. The van der Waals surface area contributed by atoms with E-state index in [1.165, 1.54) is 26.0 Å². The van der Waals surface area contributed by atoms with Gasteiger partial charge in [0.15, 0.2) is 0 Å². The van der Waals surface area contributed by atoms with Gasteiger partial charge in [-0.1, -0.05) is 29.8 Å². The number of sulfonamides is 1. The molecule has 160 valence electrons. The van der Waals surface area contributed by atoms with Crippen molar-refractivity contribution in [1.82, 2.24) is 4.31 Å². The smallest absolute Gasteiger partial charge is 0.424 e. The lowest BCUT2D eigenvalue weighted by atomic mass is 9.61. The highest BCUT2D eigenvalue weighted by Crippen LogP contribution is 2.50. The molecule has 0 N–H and O–H groups in total. The molecule has 0 unspecified atom stereocenters. The van der Waals surface area contributed by atoms with Gasteiger partial charge in [0, 0.05) is 25.7 Å². The van der Waals surface area contributed by atoms with Crippen LogP contribution >= 0.6 is 0 Å². The summed E-state index contributed by atoms with van der Waals surface area (Å²) in [5, 5.41) is 0. The summed E-state index contributed by atoms with van der Waals surface area (Å²) in [6, 6.07) is 5.27. The molecular formula is C20H21NO8S. The fraction of sp³-hybridized carbons (Fsp3) is 0.450. The van der Waals surface area contributed by atoms with Crippen molar-refractivity contribution in [2.45, 2.75) is 50.0 Å². The van der Waals surface area contributed by atoms with Crippen LogP contribution in [0.1, 0.15) is 19.4 Å². The number of aryl methyl sites for hydroxylation is 1. The van der Waals surface area contributed by atoms with E-state index in [1.807, 2.05) is 6.92 Å². The van der Waals surface area contributed by atoms with E-state index in [-0.39, 0.29) is 10.8 Å². The van der Waals surface area contributed by atoms with E-state index in [0.717, 1.165) is 9.87 Å². The number of amides is 1. The van der Waals surface area contributed by atoms with E-state index in [1.54, 1.807) is 24.3 Å². The average molecular weight is 435 g/mol. The summed E-state index contributed by atoms with van der Waals surface area (Å²) in [5.41, 5.74) is 0.881. The summed E-state index contributed by atoms with van der Waals surface area (Å²) in [6.45, 7) is 4.30. The first-order valence-corrected chi connectivity index (χ1v) is 10.9. The maximum absolute atomic E-state index is 13.1. The number of hydrogen-bond donors (Lipinski definition) is 0. The second-order valence-corrected chi connectivity index (χ2v) is 9.46. The SMILES string of the molecule is CC(=O)O[C@@H]1[C@@H](OC(C)=O)[C@@H]2C=C[C@@H]3[C@@H](OC(=O)N3S(=O)(=O)c3ccc(C)cc3)[C@@H]21. The number of fused-ring (bicyclic) bond motifs is 3. The highest BCUT2D eigenvalue weighted by atomic mass is 32.2. The van der Waals surface area contributed by atoms with E-state index in [0.29, 0.717) is 0 Å². The van der Waals surface area contributed by atoms with Gasteiger partial charge in [-0.25, -0.2) is 13.2 Å². The summed E-state index contributed by atoms with van der Waals surface area (Å²) in [4.78, 5) is 35.6. The molecule has 1 amide bonds. The fourth-order valence-electron chi connectivity index (χ4n) is 4.36. The van der Waals surface area contributed by atoms with Crippen LogP contribution in [0.15, 0.2) is 41.3 Å². The van der Waals surface area contributed by atoms with Crippen molar-refractivity contribution in [2.75, 3.05) is 0 Å². The van der Waals surface area contributed by atoms with Gasteiger partial charge < -0.3 is 14.2 Å². The highest BCUT2D eigenvalue weighted by Gasteiger charge is 2.65. The first-order chi connectivity index (χ1) is 14.1.